The Labute approximate surface area is 219 Å². The first-order chi connectivity index (χ1) is 16.3. The van der Waals surface area contributed by atoms with Gasteiger partial charge in [0, 0.05) is 0 Å². The van der Waals surface area contributed by atoms with Crippen LogP contribution in [0.2, 0.25) is 0 Å². The van der Waals surface area contributed by atoms with E-state index in [4.69, 9.17) is 0 Å². The predicted octanol–water partition coefficient (Wildman–Crippen LogP) is 11.0. The fraction of sp³-hybridized carbons (Fsp3) is 0.943. The molecule has 0 aromatic heterocycles. The van der Waals surface area contributed by atoms with E-state index in [2.05, 4.69) is 68.9 Å². The molecule has 0 heterocycles. The Kier molecular flexibility index (Phi) is 5.93. The van der Waals surface area contributed by atoms with Crippen molar-refractivity contribution >= 4 is 0 Å². The van der Waals surface area contributed by atoms with E-state index in [9.17, 15) is 0 Å². The predicted molar refractivity (Wildman–Crippen MR) is 152 cm³/mol. The van der Waals surface area contributed by atoms with Gasteiger partial charge in [0.2, 0.25) is 0 Å². The average Bonchev–Trinajstić information content (AvgIpc) is 3.20. The summed E-state index contributed by atoms with van der Waals surface area (Å²) in [5.74, 6) is 2.58. The molecule has 200 valence electrons. The topological polar surface area (TPSA) is 0 Å². The quantitative estimate of drug-likeness (QED) is 0.351. The summed E-state index contributed by atoms with van der Waals surface area (Å²) < 4.78 is 0. The largest absolute Gasteiger partial charge is 0.0998 e. The van der Waals surface area contributed by atoms with E-state index in [-0.39, 0.29) is 0 Å². The number of allylic oxidation sites excluding steroid dienone is 1. The standard InChI is InChI=1S/C35H60/c1-11-33-23-21-30(8)28-18-16-26-15-17-27(25(4)5)35(26,13-3)31(28,9)22-24-34(30,12-2)32(33,10)20-14-19-29(33,6)7/h26-28H,4,11-24H2,1-3,5-10H3/t26?,27?,28?,30-,31-,32-,33-,34-,35+/m0/s1. The summed E-state index contributed by atoms with van der Waals surface area (Å²) in [7, 11) is 0. The van der Waals surface area contributed by atoms with Gasteiger partial charge in [-0.1, -0.05) is 74.0 Å². The van der Waals surface area contributed by atoms with Crippen molar-refractivity contribution in [2.45, 2.75) is 152 Å². The van der Waals surface area contributed by atoms with Crippen molar-refractivity contribution < 1.29 is 0 Å². The zero-order valence-electron chi connectivity index (χ0n) is 25.3. The molecule has 5 fully saturated rings. The number of fused-ring (bicyclic) bond motifs is 7. The van der Waals surface area contributed by atoms with Gasteiger partial charge in [0.15, 0.2) is 0 Å². The second-order valence-corrected chi connectivity index (χ2v) is 16.0. The van der Waals surface area contributed by atoms with Gasteiger partial charge in [-0.2, -0.15) is 0 Å². The Morgan fingerprint density at radius 3 is 1.89 bits per heavy atom. The van der Waals surface area contributed by atoms with Crippen molar-refractivity contribution in [2.24, 2.45) is 55.7 Å². The molecule has 5 rings (SSSR count). The van der Waals surface area contributed by atoms with Crippen LogP contribution in [-0.2, 0) is 0 Å². The van der Waals surface area contributed by atoms with Crippen LogP contribution in [0.25, 0.3) is 0 Å². The van der Waals surface area contributed by atoms with Gasteiger partial charge in [-0.3, -0.25) is 0 Å². The highest BCUT2D eigenvalue weighted by atomic mass is 14.8. The molecule has 0 saturated heterocycles. The third-order valence-corrected chi connectivity index (χ3v) is 16.1. The molecule has 0 amide bonds. The number of rotatable bonds is 4. The molecule has 0 N–H and O–H groups in total. The van der Waals surface area contributed by atoms with Gasteiger partial charge in [-0.15, -0.1) is 0 Å². The Morgan fingerprint density at radius 1 is 0.686 bits per heavy atom. The van der Waals surface area contributed by atoms with Crippen LogP contribution in [0.5, 0.6) is 0 Å². The minimum atomic E-state index is 0.470. The molecule has 0 nitrogen and oxygen atoms in total. The lowest BCUT2D eigenvalue weighted by Gasteiger charge is -2.80. The lowest BCUT2D eigenvalue weighted by atomic mass is 9.24. The number of hydrogen-bond acceptors (Lipinski definition) is 0. The smallest absolute Gasteiger partial charge is 0.0144 e. The molecule has 0 aromatic rings. The van der Waals surface area contributed by atoms with E-state index < -0.39 is 0 Å². The minimum absolute atomic E-state index is 0.470. The molecule has 9 atom stereocenters. The molecular weight excluding hydrogens is 420 g/mol. The maximum absolute atomic E-state index is 4.62. The summed E-state index contributed by atoms with van der Waals surface area (Å²) in [4.78, 5) is 0. The van der Waals surface area contributed by atoms with Crippen LogP contribution in [0.1, 0.15) is 152 Å². The second kappa shape index (κ2) is 7.88. The molecule has 0 spiro atoms. The molecule has 0 radical (unpaired) electrons. The van der Waals surface area contributed by atoms with Gasteiger partial charge < -0.3 is 0 Å². The highest BCUT2D eigenvalue weighted by Gasteiger charge is 2.78. The summed E-state index contributed by atoms with van der Waals surface area (Å²) in [5, 5.41) is 0. The summed E-state index contributed by atoms with van der Waals surface area (Å²) in [6.07, 6.45) is 20.3. The molecule has 5 saturated carbocycles. The number of hydrogen-bond donors (Lipinski definition) is 0. The van der Waals surface area contributed by atoms with E-state index in [0.717, 1.165) is 17.8 Å². The molecular formula is C35H60. The van der Waals surface area contributed by atoms with Gasteiger partial charge in [0.25, 0.3) is 0 Å². The lowest BCUT2D eigenvalue weighted by molar-refractivity contribution is -0.318. The zero-order chi connectivity index (χ0) is 25.7. The van der Waals surface area contributed by atoms with Crippen molar-refractivity contribution in [3.63, 3.8) is 0 Å². The van der Waals surface area contributed by atoms with Crippen LogP contribution >= 0.6 is 0 Å². The van der Waals surface area contributed by atoms with E-state index >= 15 is 0 Å². The van der Waals surface area contributed by atoms with Gasteiger partial charge >= 0.3 is 0 Å². The monoisotopic (exact) mass is 480 g/mol. The second-order valence-electron chi connectivity index (χ2n) is 16.0. The maximum Gasteiger partial charge on any atom is -0.0144 e. The van der Waals surface area contributed by atoms with Crippen LogP contribution < -0.4 is 0 Å². The van der Waals surface area contributed by atoms with Crippen molar-refractivity contribution in [1.82, 2.24) is 0 Å². The van der Waals surface area contributed by atoms with Crippen LogP contribution in [0, 0.1) is 55.7 Å². The highest BCUT2D eigenvalue weighted by molar-refractivity contribution is 5.28. The molecule has 0 heteroatoms. The molecule has 35 heavy (non-hydrogen) atoms. The molecule has 0 bridgehead atoms. The highest BCUT2D eigenvalue weighted by Crippen LogP contribution is 2.85. The Balaban J connectivity index is 1.68. The Morgan fingerprint density at radius 2 is 1.29 bits per heavy atom. The SMILES string of the molecule is C=C(C)C1CCC2CCC3[C@](C)(CC[C@]4(CC)[C@@]5(C)CCCC(C)(C)[C@]5(CC)CC[C@@]34C)[C@]21CC. The zero-order valence-corrected chi connectivity index (χ0v) is 25.3. The Bertz CT molecular complexity index is 865. The van der Waals surface area contributed by atoms with E-state index in [1.54, 1.807) is 0 Å². The first-order valence-electron chi connectivity index (χ1n) is 16.0. The first kappa shape index (κ1) is 26.4. The van der Waals surface area contributed by atoms with Crippen molar-refractivity contribution in [3.8, 4) is 0 Å². The van der Waals surface area contributed by atoms with Crippen molar-refractivity contribution in [3.05, 3.63) is 12.2 Å². The summed E-state index contributed by atoms with van der Waals surface area (Å²) in [6, 6.07) is 0. The van der Waals surface area contributed by atoms with Crippen LogP contribution in [0.15, 0.2) is 12.2 Å². The van der Waals surface area contributed by atoms with Crippen LogP contribution in [0.3, 0.4) is 0 Å². The first-order valence-corrected chi connectivity index (χ1v) is 16.0. The molecule has 5 aliphatic rings. The van der Waals surface area contributed by atoms with E-state index in [1.165, 1.54) is 95.5 Å². The van der Waals surface area contributed by atoms with E-state index in [0.29, 0.717) is 37.9 Å². The van der Waals surface area contributed by atoms with Crippen molar-refractivity contribution in [1.29, 1.82) is 0 Å². The third-order valence-electron chi connectivity index (χ3n) is 16.1. The normalized spacial score (nSPS) is 54.8. The molecule has 5 aliphatic carbocycles. The summed E-state index contributed by atoms with van der Waals surface area (Å²) in [6.45, 7) is 28.6. The van der Waals surface area contributed by atoms with Crippen LogP contribution in [-0.4, -0.2) is 0 Å². The maximum atomic E-state index is 4.62. The summed E-state index contributed by atoms with van der Waals surface area (Å²) >= 11 is 0. The average molecular weight is 481 g/mol. The van der Waals surface area contributed by atoms with Gasteiger partial charge in [0.05, 0.1) is 0 Å². The fourth-order valence-corrected chi connectivity index (χ4v) is 14.8. The molecule has 3 unspecified atom stereocenters. The van der Waals surface area contributed by atoms with Crippen LogP contribution in [0.4, 0.5) is 0 Å². The van der Waals surface area contributed by atoms with Crippen molar-refractivity contribution in [2.75, 3.05) is 0 Å². The lowest BCUT2D eigenvalue weighted by Crippen LogP contribution is -2.73. The minimum Gasteiger partial charge on any atom is -0.0998 e. The summed E-state index contributed by atoms with van der Waals surface area (Å²) in [5.41, 5.74) is 4.90. The van der Waals surface area contributed by atoms with Gasteiger partial charge in [-0.25, -0.2) is 0 Å². The Hall–Kier alpha value is -0.260. The fourth-order valence-electron chi connectivity index (χ4n) is 14.8. The van der Waals surface area contributed by atoms with Gasteiger partial charge in [0.1, 0.15) is 0 Å². The van der Waals surface area contributed by atoms with Gasteiger partial charge in [-0.05, 0) is 146 Å². The molecule has 0 aliphatic heterocycles. The molecule has 0 aromatic carbocycles. The third kappa shape index (κ3) is 2.63. The van der Waals surface area contributed by atoms with E-state index in [1.807, 2.05) is 0 Å².